The molecule has 7 heavy (non-hydrogen) atoms. The van der Waals surface area contributed by atoms with E-state index in [0.29, 0.717) is 0 Å². The van der Waals surface area contributed by atoms with Crippen molar-refractivity contribution >= 4 is 59.3 Å². The Morgan fingerprint density at radius 3 is 1.14 bits per heavy atom. The van der Waals surface area contributed by atoms with Crippen molar-refractivity contribution in [2.75, 3.05) is 0 Å². The summed E-state index contributed by atoms with van der Waals surface area (Å²) in [5, 5.41) is 0. The van der Waals surface area contributed by atoms with Gasteiger partial charge in [0.2, 0.25) is 0 Å². The molecule has 0 atom stereocenters. The van der Waals surface area contributed by atoms with Crippen LogP contribution >= 0.6 is 0 Å². The standard InChI is InChI=1S/Ba.H2O4S.Sm/c;1-5(2,3)4;/h;(H2,1,2,3,4);/q+2;;+3/p-2. The van der Waals surface area contributed by atoms with E-state index < -0.39 is 10.4 Å². The summed E-state index contributed by atoms with van der Waals surface area (Å²) in [7, 11) is -5.17. The van der Waals surface area contributed by atoms with Gasteiger partial charge >= 0.3 is 89.3 Å². The molecule has 4 nitrogen and oxygen atoms in total. The molecule has 0 rings (SSSR count). The van der Waals surface area contributed by atoms with Crippen molar-refractivity contribution in [1.29, 1.82) is 0 Å². The Labute approximate surface area is 114 Å². The van der Waals surface area contributed by atoms with Gasteiger partial charge < -0.3 is 9.11 Å². The summed E-state index contributed by atoms with van der Waals surface area (Å²) in [4.78, 5) is 0. The molecule has 0 fully saturated rings. The van der Waals surface area contributed by atoms with Crippen LogP contribution in [0.1, 0.15) is 0 Å². The molecule has 0 bridgehead atoms. The van der Waals surface area contributed by atoms with Gasteiger partial charge in [0.05, 0.1) is 0 Å². The molecule has 0 unspecified atom stereocenters. The van der Waals surface area contributed by atoms with Gasteiger partial charge in [0.25, 0.3) is 0 Å². The van der Waals surface area contributed by atoms with Gasteiger partial charge in [0.15, 0.2) is 0 Å². The average molecular weight is 384 g/mol. The van der Waals surface area contributed by atoms with Gasteiger partial charge in [0, 0.05) is 10.4 Å². The van der Waals surface area contributed by atoms with Crippen molar-refractivity contribution < 1.29 is 57.9 Å². The molecule has 0 saturated carbocycles. The van der Waals surface area contributed by atoms with Gasteiger partial charge in [-0.2, -0.15) is 0 Å². The Kier molecular flexibility index (Phi) is 16.1. The van der Waals surface area contributed by atoms with Crippen molar-refractivity contribution in [2.45, 2.75) is 0 Å². The van der Waals surface area contributed by atoms with Gasteiger partial charge in [-0.1, -0.05) is 0 Å². The minimum absolute atomic E-state index is 0. The number of rotatable bonds is 0. The molecule has 0 saturated heterocycles. The fraction of sp³-hybridized carbons (Fsp3) is 0. The van der Waals surface area contributed by atoms with E-state index in [0.717, 1.165) is 0 Å². The van der Waals surface area contributed by atoms with Crippen LogP contribution in [0, 0.1) is 40.4 Å². The summed E-state index contributed by atoms with van der Waals surface area (Å²) in [6, 6.07) is 0. The molecule has 0 aromatic carbocycles. The summed E-state index contributed by atoms with van der Waals surface area (Å²) < 4.78 is 34.1. The van der Waals surface area contributed by atoms with Crippen LogP contribution in [-0.2, 0) is 10.4 Å². The molecule has 35 valence electrons. The minimum Gasteiger partial charge on any atom is -0.759 e. The van der Waals surface area contributed by atoms with Gasteiger partial charge in [-0.3, -0.25) is 8.42 Å². The zero-order valence-electron chi connectivity index (χ0n) is 3.16. The van der Waals surface area contributed by atoms with E-state index in [-0.39, 0.29) is 89.3 Å². The molecule has 7 heteroatoms. The van der Waals surface area contributed by atoms with Crippen LogP contribution in [0.3, 0.4) is 0 Å². The molecule has 0 amide bonds. The Morgan fingerprint density at radius 1 is 1.14 bits per heavy atom. The second-order valence-corrected chi connectivity index (χ2v) is 1.22. The van der Waals surface area contributed by atoms with E-state index in [4.69, 9.17) is 17.5 Å². The van der Waals surface area contributed by atoms with Gasteiger partial charge in [-0.05, 0) is 0 Å². The second kappa shape index (κ2) is 6.89. The fourth-order valence-corrected chi connectivity index (χ4v) is 0. The molecular weight excluding hydrogens is 384 g/mol. The van der Waals surface area contributed by atoms with Crippen molar-refractivity contribution in [3.05, 3.63) is 0 Å². The van der Waals surface area contributed by atoms with E-state index in [1.54, 1.807) is 0 Å². The third-order valence-electron chi connectivity index (χ3n) is 0. The molecule has 0 spiro atoms. The topological polar surface area (TPSA) is 80.3 Å². The maximum Gasteiger partial charge on any atom is 3.00 e. The van der Waals surface area contributed by atoms with Crippen molar-refractivity contribution in [3.8, 4) is 0 Å². The first-order valence-corrected chi connectivity index (χ1v) is 2.00. The summed E-state index contributed by atoms with van der Waals surface area (Å²) >= 11 is 0. The Morgan fingerprint density at radius 2 is 1.14 bits per heavy atom. The van der Waals surface area contributed by atoms with E-state index in [9.17, 15) is 0 Å². The fourth-order valence-electron chi connectivity index (χ4n) is 0. The summed E-state index contributed by atoms with van der Waals surface area (Å²) in [5.74, 6) is 0. The third-order valence-corrected chi connectivity index (χ3v) is 0. The van der Waals surface area contributed by atoms with Crippen LogP contribution in [0.15, 0.2) is 0 Å². The normalized spacial score (nSPS) is 8.29. The zero-order valence-corrected chi connectivity index (χ0v) is 11.0. The van der Waals surface area contributed by atoms with Crippen molar-refractivity contribution in [3.63, 3.8) is 0 Å². The van der Waals surface area contributed by atoms with Crippen LogP contribution < -0.4 is 0 Å². The average Bonchev–Trinajstić information content (AvgIpc) is 0.722. The minimum atomic E-state index is -5.17. The van der Waals surface area contributed by atoms with Crippen LogP contribution in [0.4, 0.5) is 0 Å². The Hall–Kier alpha value is 2.78. The van der Waals surface area contributed by atoms with Crippen molar-refractivity contribution in [2.24, 2.45) is 0 Å². The van der Waals surface area contributed by atoms with Crippen LogP contribution in [0.25, 0.3) is 0 Å². The second-order valence-electron chi connectivity index (χ2n) is 0.408. The predicted octanol–water partition coefficient (Wildman–Crippen LogP) is -1.72. The van der Waals surface area contributed by atoms with Gasteiger partial charge in [-0.15, -0.1) is 0 Å². The smallest absolute Gasteiger partial charge is 0.759 e. The third kappa shape index (κ3) is 52.2. The first kappa shape index (κ1) is 16.4. The number of hydrogen-bond acceptors (Lipinski definition) is 4. The summed E-state index contributed by atoms with van der Waals surface area (Å²) in [6.07, 6.45) is 0. The summed E-state index contributed by atoms with van der Waals surface area (Å²) in [5.41, 5.74) is 0. The zero-order chi connectivity index (χ0) is 4.50. The van der Waals surface area contributed by atoms with Crippen molar-refractivity contribution in [1.82, 2.24) is 0 Å². The molecule has 0 aromatic rings. The van der Waals surface area contributed by atoms with Crippen LogP contribution in [0.2, 0.25) is 0 Å². The maximum absolute atomic E-state index is 8.52. The number of hydrogen-bond donors (Lipinski definition) is 0. The molecular formula is BaO4SSm+3. The molecule has 0 N–H and O–H groups in total. The maximum atomic E-state index is 8.52. The van der Waals surface area contributed by atoms with E-state index >= 15 is 0 Å². The summed E-state index contributed by atoms with van der Waals surface area (Å²) in [6.45, 7) is 0. The molecule has 0 aliphatic carbocycles. The van der Waals surface area contributed by atoms with E-state index in [1.165, 1.54) is 0 Å². The SMILES string of the molecule is O=S(=O)([O-])[O-].[Ba+2].[Sm+3]. The monoisotopic (exact) mass is 386 g/mol. The molecule has 0 aromatic heterocycles. The molecule has 1 radical (unpaired) electrons. The molecule has 0 aliphatic heterocycles. The van der Waals surface area contributed by atoms with Crippen LogP contribution in [-0.4, -0.2) is 66.4 Å². The van der Waals surface area contributed by atoms with E-state index in [1.807, 2.05) is 0 Å². The first-order valence-electron chi connectivity index (χ1n) is 0.667. The Balaban J connectivity index is -0.0000000800. The quantitative estimate of drug-likeness (QED) is 0.283. The molecule has 0 heterocycles. The first-order chi connectivity index (χ1) is 2.00. The predicted molar refractivity (Wildman–Crippen MR) is 16.2 cm³/mol. The largest absolute Gasteiger partial charge is 3.00 e. The van der Waals surface area contributed by atoms with Gasteiger partial charge in [0.1, 0.15) is 0 Å². The van der Waals surface area contributed by atoms with E-state index in [2.05, 4.69) is 0 Å². The Bertz CT molecular complexity index is 94.9. The van der Waals surface area contributed by atoms with Gasteiger partial charge in [-0.25, -0.2) is 0 Å². The molecule has 0 aliphatic rings. The van der Waals surface area contributed by atoms with Crippen LogP contribution in [0.5, 0.6) is 0 Å².